The van der Waals surface area contributed by atoms with Crippen LogP contribution in [0.1, 0.15) is 35.9 Å². The van der Waals surface area contributed by atoms with Crippen molar-refractivity contribution in [2.45, 2.75) is 31.8 Å². The maximum Gasteiger partial charge on any atom is 0.257 e. The Labute approximate surface area is 170 Å². The molecule has 1 spiro atoms. The molecule has 2 aromatic heterocycles. The molecule has 1 amide bonds. The van der Waals surface area contributed by atoms with E-state index in [2.05, 4.69) is 40.7 Å². The number of nitrogens with zero attached hydrogens (tertiary/aromatic N) is 4. The van der Waals surface area contributed by atoms with E-state index in [0.717, 1.165) is 51.4 Å². The van der Waals surface area contributed by atoms with Crippen molar-refractivity contribution in [1.82, 2.24) is 19.4 Å². The molecule has 150 valence electrons. The van der Waals surface area contributed by atoms with Crippen LogP contribution >= 0.6 is 0 Å². The number of hydrogen-bond donors (Lipinski definition) is 0. The Morgan fingerprint density at radius 1 is 1.10 bits per heavy atom. The van der Waals surface area contributed by atoms with Crippen LogP contribution in [0.5, 0.6) is 0 Å². The zero-order valence-electron chi connectivity index (χ0n) is 16.8. The van der Waals surface area contributed by atoms with E-state index in [1.54, 1.807) is 12.3 Å². The number of carbonyl (C=O) groups excluding carboxylic acids is 1. The fourth-order valence-electron chi connectivity index (χ4n) is 5.04. The predicted molar refractivity (Wildman–Crippen MR) is 110 cm³/mol. The molecule has 2 aliphatic rings. The molecule has 1 aromatic carbocycles. The smallest absolute Gasteiger partial charge is 0.257 e. The van der Waals surface area contributed by atoms with Gasteiger partial charge in [0.25, 0.3) is 5.91 Å². The number of aromatic nitrogens is 2. The van der Waals surface area contributed by atoms with Crippen molar-refractivity contribution >= 4 is 5.91 Å². The molecule has 6 heteroatoms. The summed E-state index contributed by atoms with van der Waals surface area (Å²) in [6, 6.07) is 12.2. The minimum atomic E-state index is -0.104. The highest BCUT2D eigenvalue weighted by Crippen LogP contribution is 2.42. The first-order valence-corrected chi connectivity index (χ1v) is 10.4. The Hall–Kier alpha value is -2.86. The topological polar surface area (TPSA) is 54.5 Å². The molecular formula is C23H26N4O2. The molecule has 5 rings (SSSR count). The van der Waals surface area contributed by atoms with Crippen molar-refractivity contribution in [3.8, 4) is 11.3 Å². The monoisotopic (exact) mass is 390 g/mol. The van der Waals surface area contributed by atoms with Crippen LogP contribution in [0.3, 0.4) is 0 Å². The third-order valence-electron chi connectivity index (χ3n) is 6.57. The molecular weight excluding hydrogens is 364 g/mol. The maximum atomic E-state index is 12.7. The number of carbonyl (C=O) groups is 1. The van der Waals surface area contributed by atoms with Crippen LogP contribution in [0.4, 0.5) is 0 Å². The van der Waals surface area contributed by atoms with Gasteiger partial charge in [0.15, 0.2) is 0 Å². The molecule has 0 aliphatic carbocycles. The minimum Gasteiger partial charge on any atom is -0.472 e. The summed E-state index contributed by atoms with van der Waals surface area (Å²) in [6.45, 7) is 6.63. The van der Waals surface area contributed by atoms with Gasteiger partial charge in [-0.3, -0.25) is 9.69 Å². The van der Waals surface area contributed by atoms with E-state index >= 15 is 0 Å². The minimum absolute atomic E-state index is 0.0563. The number of piperidine rings is 1. The number of furan rings is 1. The lowest BCUT2D eigenvalue weighted by atomic mass is 9.83. The van der Waals surface area contributed by atoms with Crippen molar-refractivity contribution in [2.24, 2.45) is 0 Å². The largest absolute Gasteiger partial charge is 0.472 e. The van der Waals surface area contributed by atoms with Gasteiger partial charge >= 0.3 is 0 Å². The van der Waals surface area contributed by atoms with Crippen molar-refractivity contribution in [3.63, 3.8) is 0 Å². The van der Waals surface area contributed by atoms with E-state index in [4.69, 9.17) is 9.40 Å². The first kappa shape index (κ1) is 18.2. The lowest BCUT2D eigenvalue weighted by Gasteiger charge is -2.50. The van der Waals surface area contributed by atoms with E-state index in [9.17, 15) is 4.79 Å². The molecule has 0 bridgehead atoms. The zero-order chi connectivity index (χ0) is 19.8. The molecule has 4 heterocycles. The highest BCUT2D eigenvalue weighted by atomic mass is 16.3. The Balaban J connectivity index is 1.46. The average Bonchev–Trinajstić information content (AvgIpc) is 3.45. The lowest BCUT2D eigenvalue weighted by Crippen LogP contribution is -2.58. The molecule has 1 saturated heterocycles. The number of imidazole rings is 1. The second kappa shape index (κ2) is 7.19. The molecule has 1 fully saturated rings. The Morgan fingerprint density at radius 3 is 2.59 bits per heavy atom. The molecule has 3 aromatic rings. The molecule has 0 radical (unpaired) electrons. The number of rotatable bonds is 3. The van der Waals surface area contributed by atoms with Gasteiger partial charge in [0.1, 0.15) is 12.1 Å². The normalized spacial score (nSPS) is 18.7. The van der Waals surface area contributed by atoms with Crippen LogP contribution in [-0.4, -0.2) is 51.4 Å². The second-order valence-corrected chi connectivity index (χ2v) is 7.90. The van der Waals surface area contributed by atoms with Gasteiger partial charge < -0.3 is 13.9 Å². The van der Waals surface area contributed by atoms with Crippen LogP contribution in [0.25, 0.3) is 11.3 Å². The Kier molecular flexibility index (Phi) is 4.51. The van der Waals surface area contributed by atoms with E-state index in [1.165, 1.54) is 17.5 Å². The number of amides is 1. The van der Waals surface area contributed by atoms with Gasteiger partial charge in [0, 0.05) is 26.2 Å². The number of hydrogen-bond acceptors (Lipinski definition) is 4. The number of fused-ring (bicyclic) bond motifs is 2. The molecule has 29 heavy (non-hydrogen) atoms. The highest BCUT2D eigenvalue weighted by molar-refractivity contribution is 5.93. The summed E-state index contributed by atoms with van der Waals surface area (Å²) in [6.07, 6.45) is 6.91. The Morgan fingerprint density at radius 2 is 1.90 bits per heavy atom. The van der Waals surface area contributed by atoms with Crippen LogP contribution in [0.2, 0.25) is 0 Å². The van der Waals surface area contributed by atoms with Crippen molar-refractivity contribution < 1.29 is 9.21 Å². The molecule has 0 atom stereocenters. The summed E-state index contributed by atoms with van der Waals surface area (Å²) in [5, 5.41) is 0. The van der Waals surface area contributed by atoms with E-state index in [-0.39, 0.29) is 11.4 Å². The van der Waals surface area contributed by atoms with E-state index < -0.39 is 0 Å². The van der Waals surface area contributed by atoms with Gasteiger partial charge in [-0.1, -0.05) is 37.3 Å². The van der Waals surface area contributed by atoms with Gasteiger partial charge in [-0.15, -0.1) is 0 Å². The van der Waals surface area contributed by atoms with Gasteiger partial charge in [-0.05, 0) is 31.0 Å². The maximum absolute atomic E-state index is 12.7. The SMILES string of the molecule is CCN1CCn2c(-c3ccccc3)cnc2C12CCN(C(=O)c1ccoc1)CC2. The lowest BCUT2D eigenvalue weighted by molar-refractivity contribution is -0.00314. The molecule has 0 unspecified atom stereocenters. The van der Waals surface area contributed by atoms with Crippen molar-refractivity contribution in [3.05, 3.63) is 66.5 Å². The van der Waals surface area contributed by atoms with Gasteiger partial charge in [0.05, 0.1) is 29.3 Å². The summed E-state index contributed by atoms with van der Waals surface area (Å²) >= 11 is 0. The van der Waals surface area contributed by atoms with Crippen LogP contribution in [0.15, 0.2) is 59.5 Å². The molecule has 2 aliphatic heterocycles. The zero-order valence-corrected chi connectivity index (χ0v) is 16.8. The third-order valence-corrected chi connectivity index (χ3v) is 6.57. The van der Waals surface area contributed by atoms with Gasteiger partial charge in [-0.25, -0.2) is 4.98 Å². The number of benzene rings is 1. The van der Waals surface area contributed by atoms with Gasteiger partial charge in [0.2, 0.25) is 0 Å². The standard InChI is InChI=1S/C23H26N4O2/c1-2-26-13-14-27-20(18-6-4-3-5-7-18)16-24-22(27)23(26)9-11-25(12-10-23)21(28)19-8-15-29-17-19/h3-8,15-17H,2,9-14H2,1H3. The second-order valence-electron chi connectivity index (χ2n) is 7.90. The van der Waals surface area contributed by atoms with Crippen LogP contribution in [0, 0.1) is 0 Å². The summed E-state index contributed by atoms with van der Waals surface area (Å²) < 4.78 is 7.49. The average molecular weight is 390 g/mol. The van der Waals surface area contributed by atoms with Gasteiger partial charge in [-0.2, -0.15) is 0 Å². The summed E-state index contributed by atoms with van der Waals surface area (Å²) in [4.78, 5) is 22.2. The third kappa shape index (κ3) is 2.90. The molecule has 0 saturated carbocycles. The Bertz CT molecular complexity index is 985. The quantitative estimate of drug-likeness (QED) is 0.686. The summed E-state index contributed by atoms with van der Waals surface area (Å²) in [7, 11) is 0. The van der Waals surface area contributed by atoms with E-state index in [0.29, 0.717) is 5.56 Å². The summed E-state index contributed by atoms with van der Waals surface area (Å²) in [5.41, 5.74) is 2.92. The van der Waals surface area contributed by atoms with Crippen molar-refractivity contribution in [2.75, 3.05) is 26.2 Å². The van der Waals surface area contributed by atoms with Crippen molar-refractivity contribution in [1.29, 1.82) is 0 Å². The highest BCUT2D eigenvalue weighted by Gasteiger charge is 2.47. The predicted octanol–water partition coefficient (Wildman–Crippen LogP) is 3.61. The first-order valence-electron chi connectivity index (χ1n) is 10.4. The molecule has 0 N–H and O–H groups in total. The van der Waals surface area contributed by atoms with Crippen LogP contribution < -0.4 is 0 Å². The number of likely N-dealkylation sites (N-methyl/N-ethyl adjacent to an activating group) is 1. The fourth-order valence-corrected chi connectivity index (χ4v) is 5.04. The van der Waals surface area contributed by atoms with E-state index in [1.807, 2.05) is 17.2 Å². The number of likely N-dealkylation sites (tertiary alicyclic amines) is 1. The fraction of sp³-hybridized carbons (Fsp3) is 0.391. The first-order chi connectivity index (χ1) is 14.2. The molecule has 6 nitrogen and oxygen atoms in total. The van der Waals surface area contributed by atoms with Crippen LogP contribution in [-0.2, 0) is 12.1 Å². The summed E-state index contributed by atoms with van der Waals surface area (Å²) in [5.74, 6) is 1.21.